The lowest BCUT2D eigenvalue weighted by Gasteiger charge is -2.29. The van der Waals surface area contributed by atoms with E-state index in [2.05, 4.69) is 10.5 Å². The van der Waals surface area contributed by atoms with E-state index in [1.165, 1.54) is 0 Å². The summed E-state index contributed by atoms with van der Waals surface area (Å²) in [6.07, 6.45) is -0.436. The van der Waals surface area contributed by atoms with E-state index >= 15 is 0 Å². The van der Waals surface area contributed by atoms with Gasteiger partial charge in [-0.25, -0.2) is 0 Å². The minimum absolute atomic E-state index is 0.0961. The van der Waals surface area contributed by atoms with Crippen molar-refractivity contribution in [3.63, 3.8) is 0 Å². The van der Waals surface area contributed by atoms with E-state index in [4.69, 9.17) is 10.9 Å². The summed E-state index contributed by atoms with van der Waals surface area (Å²) in [5.74, 6) is 0.0961. The number of hydrogen-bond acceptors (Lipinski definition) is 4. The molecule has 1 aromatic carbocycles. The zero-order valence-electron chi connectivity index (χ0n) is 11.0. The third-order valence-corrected chi connectivity index (χ3v) is 3.15. The molecule has 1 atom stereocenters. The average Bonchev–Trinajstić information content (AvgIpc) is 2.36. The lowest BCUT2D eigenvalue weighted by molar-refractivity contribution is 0.0956. The van der Waals surface area contributed by atoms with Gasteiger partial charge in [0.2, 0.25) is 0 Å². The van der Waals surface area contributed by atoms with Crippen LogP contribution in [0.1, 0.15) is 31.9 Å². The molecule has 0 aliphatic carbocycles. The number of aliphatic hydroxyl groups is 1. The van der Waals surface area contributed by atoms with Crippen molar-refractivity contribution in [1.82, 2.24) is 5.32 Å². The van der Waals surface area contributed by atoms with Gasteiger partial charge in [0.05, 0.1) is 6.10 Å². The molecule has 1 rings (SSSR count). The molecule has 1 aromatic rings. The summed E-state index contributed by atoms with van der Waals surface area (Å²) in [5, 5.41) is 24.4. The largest absolute Gasteiger partial charge is 0.409 e. The van der Waals surface area contributed by atoms with Gasteiger partial charge in [-0.1, -0.05) is 29.4 Å². The Labute approximate surface area is 107 Å². The van der Waals surface area contributed by atoms with E-state index in [0.29, 0.717) is 12.1 Å². The second-order valence-corrected chi connectivity index (χ2v) is 4.93. The molecule has 18 heavy (non-hydrogen) atoms. The van der Waals surface area contributed by atoms with E-state index in [1.807, 2.05) is 26.0 Å². The van der Waals surface area contributed by atoms with Crippen LogP contribution in [0.4, 0.5) is 0 Å². The first-order chi connectivity index (χ1) is 8.36. The standard InChI is InChI=1S/C13H21N3O2/c1-9(17)13(2,3)15-8-10-4-6-11(7-5-10)12(14)16-18/h4-7,9,15,17-18H,8H2,1-3H3,(H2,14,16). The number of nitrogens with two attached hydrogens (primary N) is 1. The number of aliphatic hydroxyl groups excluding tert-OH is 1. The predicted molar refractivity (Wildman–Crippen MR) is 71.6 cm³/mol. The molecule has 0 aliphatic heterocycles. The van der Waals surface area contributed by atoms with Crippen LogP contribution in [-0.2, 0) is 6.54 Å². The maximum absolute atomic E-state index is 9.58. The van der Waals surface area contributed by atoms with Gasteiger partial charge in [0.25, 0.3) is 0 Å². The van der Waals surface area contributed by atoms with E-state index < -0.39 is 6.10 Å². The zero-order chi connectivity index (χ0) is 13.8. The molecule has 0 aliphatic rings. The van der Waals surface area contributed by atoms with Crippen molar-refractivity contribution >= 4 is 5.84 Å². The fraction of sp³-hybridized carbons (Fsp3) is 0.462. The van der Waals surface area contributed by atoms with Crippen LogP contribution in [0, 0.1) is 0 Å². The zero-order valence-corrected chi connectivity index (χ0v) is 11.0. The van der Waals surface area contributed by atoms with Crippen molar-refractivity contribution in [3.8, 4) is 0 Å². The van der Waals surface area contributed by atoms with E-state index in [-0.39, 0.29) is 11.4 Å². The van der Waals surface area contributed by atoms with E-state index in [0.717, 1.165) is 5.56 Å². The Balaban J connectivity index is 2.65. The molecule has 0 radical (unpaired) electrons. The minimum atomic E-state index is -0.436. The molecule has 100 valence electrons. The molecule has 0 heterocycles. The topological polar surface area (TPSA) is 90.9 Å². The second-order valence-electron chi connectivity index (χ2n) is 4.93. The van der Waals surface area contributed by atoms with Gasteiger partial charge < -0.3 is 21.4 Å². The smallest absolute Gasteiger partial charge is 0.170 e. The quantitative estimate of drug-likeness (QED) is 0.272. The molecule has 0 aromatic heterocycles. The predicted octanol–water partition coefficient (Wildman–Crippen LogP) is 1.03. The first kappa shape index (κ1) is 14.5. The number of rotatable bonds is 5. The van der Waals surface area contributed by atoms with Crippen LogP contribution in [0.2, 0.25) is 0 Å². The highest BCUT2D eigenvalue weighted by Crippen LogP contribution is 2.11. The lowest BCUT2D eigenvalue weighted by Crippen LogP contribution is -2.47. The normalized spacial score (nSPS) is 14.6. The number of hydrogen-bond donors (Lipinski definition) is 4. The molecule has 5 N–H and O–H groups in total. The first-order valence-electron chi connectivity index (χ1n) is 5.86. The summed E-state index contributed by atoms with van der Waals surface area (Å²) in [6.45, 7) is 6.30. The second kappa shape index (κ2) is 5.84. The monoisotopic (exact) mass is 251 g/mol. The van der Waals surface area contributed by atoms with E-state index in [9.17, 15) is 5.11 Å². The van der Waals surface area contributed by atoms with Crippen LogP contribution in [0.3, 0.4) is 0 Å². The summed E-state index contributed by atoms with van der Waals surface area (Å²) in [6, 6.07) is 7.39. The van der Waals surface area contributed by atoms with Gasteiger partial charge in [-0.05, 0) is 26.3 Å². The van der Waals surface area contributed by atoms with Gasteiger partial charge in [0, 0.05) is 17.6 Å². The Hall–Kier alpha value is -1.59. The Morgan fingerprint density at radius 1 is 1.39 bits per heavy atom. The molecule has 0 fully saturated rings. The van der Waals surface area contributed by atoms with Crippen molar-refractivity contribution in [2.75, 3.05) is 0 Å². The first-order valence-corrected chi connectivity index (χ1v) is 5.86. The summed E-state index contributed by atoms with van der Waals surface area (Å²) < 4.78 is 0. The van der Waals surface area contributed by atoms with Crippen LogP contribution < -0.4 is 11.1 Å². The van der Waals surface area contributed by atoms with E-state index in [1.54, 1.807) is 19.1 Å². The van der Waals surface area contributed by atoms with Crippen LogP contribution >= 0.6 is 0 Å². The van der Waals surface area contributed by atoms with Crippen LogP contribution in [0.15, 0.2) is 29.4 Å². The molecule has 0 amide bonds. The molecule has 0 spiro atoms. The van der Waals surface area contributed by atoms with Gasteiger partial charge in [0.15, 0.2) is 5.84 Å². The summed E-state index contributed by atoms with van der Waals surface area (Å²) >= 11 is 0. The molecule has 5 nitrogen and oxygen atoms in total. The summed E-state index contributed by atoms with van der Waals surface area (Å²) in [4.78, 5) is 0. The highest BCUT2D eigenvalue weighted by Gasteiger charge is 2.22. The number of oxime groups is 1. The Kier molecular flexibility index (Phi) is 4.69. The number of nitrogens with one attached hydrogen (secondary N) is 1. The molecule has 0 saturated heterocycles. The average molecular weight is 251 g/mol. The van der Waals surface area contributed by atoms with Crippen LogP contribution in [0.5, 0.6) is 0 Å². The Morgan fingerprint density at radius 3 is 2.39 bits per heavy atom. The van der Waals surface area contributed by atoms with Crippen molar-refractivity contribution in [1.29, 1.82) is 0 Å². The highest BCUT2D eigenvalue weighted by molar-refractivity contribution is 5.96. The molecule has 0 saturated carbocycles. The number of nitrogens with zero attached hydrogens (tertiary/aromatic N) is 1. The van der Waals surface area contributed by atoms with Crippen LogP contribution in [0.25, 0.3) is 0 Å². The SMILES string of the molecule is CC(O)C(C)(C)NCc1ccc(/C(N)=N/O)cc1. The fourth-order valence-corrected chi connectivity index (χ4v) is 1.33. The minimum Gasteiger partial charge on any atom is -0.409 e. The lowest BCUT2D eigenvalue weighted by atomic mass is 9.98. The van der Waals surface area contributed by atoms with Crippen molar-refractivity contribution in [3.05, 3.63) is 35.4 Å². The maximum atomic E-state index is 9.58. The van der Waals surface area contributed by atoms with Gasteiger partial charge >= 0.3 is 0 Å². The number of benzene rings is 1. The van der Waals surface area contributed by atoms with Gasteiger partial charge in [-0.15, -0.1) is 0 Å². The van der Waals surface area contributed by atoms with Crippen molar-refractivity contribution < 1.29 is 10.3 Å². The third kappa shape index (κ3) is 3.72. The Morgan fingerprint density at radius 2 is 1.94 bits per heavy atom. The molecular formula is C13H21N3O2. The fourth-order valence-electron chi connectivity index (χ4n) is 1.33. The van der Waals surface area contributed by atoms with Gasteiger partial charge in [-0.3, -0.25) is 0 Å². The van der Waals surface area contributed by atoms with Gasteiger partial charge in [-0.2, -0.15) is 0 Å². The molecule has 5 heteroatoms. The van der Waals surface area contributed by atoms with Gasteiger partial charge in [0.1, 0.15) is 0 Å². The van der Waals surface area contributed by atoms with Crippen molar-refractivity contribution in [2.45, 2.75) is 39.0 Å². The molecule has 0 bridgehead atoms. The number of amidine groups is 1. The summed E-state index contributed by atoms with van der Waals surface area (Å²) in [7, 11) is 0. The van der Waals surface area contributed by atoms with Crippen LogP contribution in [-0.4, -0.2) is 27.8 Å². The molecule has 1 unspecified atom stereocenters. The highest BCUT2D eigenvalue weighted by atomic mass is 16.4. The Bertz CT molecular complexity index is 411. The van der Waals surface area contributed by atoms with Crippen molar-refractivity contribution in [2.24, 2.45) is 10.9 Å². The molecular weight excluding hydrogens is 230 g/mol. The maximum Gasteiger partial charge on any atom is 0.170 e. The third-order valence-electron chi connectivity index (χ3n) is 3.15. The summed E-state index contributed by atoms with van der Waals surface area (Å²) in [5.41, 5.74) is 6.88.